The summed E-state index contributed by atoms with van der Waals surface area (Å²) in [5.74, 6) is 1.77. The Balaban J connectivity index is 1.87. The van der Waals surface area contributed by atoms with Crippen LogP contribution in [0, 0.1) is 6.92 Å². The van der Waals surface area contributed by atoms with E-state index >= 15 is 0 Å². The van der Waals surface area contributed by atoms with Gasteiger partial charge in [0.2, 0.25) is 0 Å². The summed E-state index contributed by atoms with van der Waals surface area (Å²) in [5.41, 5.74) is 9.90. The Morgan fingerprint density at radius 2 is 1.80 bits per heavy atom. The minimum absolute atomic E-state index is 0.347. The van der Waals surface area contributed by atoms with Crippen LogP contribution in [0.15, 0.2) is 78.0 Å². The Kier molecular flexibility index (Phi) is 3.74. The van der Waals surface area contributed by atoms with E-state index in [-0.39, 0.29) is 0 Å². The molecule has 0 amide bonds. The molecule has 0 unspecified atom stereocenters. The van der Waals surface area contributed by atoms with Crippen molar-refractivity contribution in [2.45, 2.75) is 6.92 Å². The van der Waals surface area contributed by atoms with Gasteiger partial charge in [-0.25, -0.2) is 9.98 Å². The highest BCUT2D eigenvalue weighted by Crippen LogP contribution is 2.28. The second-order valence-corrected chi connectivity index (χ2v) is 5.79. The van der Waals surface area contributed by atoms with Crippen LogP contribution in [-0.2, 0) is 0 Å². The van der Waals surface area contributed by atoms with Gasteiger partial charge in [-0.15, -0.1) is 0 Å². The second kappa shape index (κ2) is 6.20. The lowest BCUT2D eigenvalue weighted by atomic mass is 10.1. The molecule has 0 atom stereocenters. The number of hydrogen-bond donors (Lipinski definition) is 1. The zero-order valence-corrected chi connectivity index (χ0v) is 13.8. The first-order valence-electron chi connectivity index (χ1n) is 8.02. The first-order chi connectivity index (χ1) is 12.2. The molecule has 0 radical (unpaired) electrons. The smallest absolute Gasteiger partial charge is 0.180 e. The van der Waals surface area contributed by atoms with Crippen molar-refractivity contribution in [2.75, 3.05) is 0 Å². The third kappa shape index (κ3) is 2.87. The zero-order valence-electron chi connectivity index (χ0n) is 13.8. The highest BCUT2D eigenvalue weighted by atomic mass is 15.1. The molecule has 0 saturated carbocycles. The number of aryl methyl sites for hydroxylation is 1. The van der Waals surface area contributed by atoms with E-state index in [4.69, 9.17) is 10.7 Å². The molecule has 1 aromatic carbocycles. The van der Waals surface area contributed by atoms with Gasteiger partial charge in [-0.1, -0.05) is 42.0 Å². The van der Waals surface area contributed by atoms with Crippen molar-refractivity contribution in [2.24, 2.45) is 10.7 Å². The lowest BCUT2D eigenvalue weighted by Gasteiger charge is -2.01. The van der Waals surface area contributed by atoms with Crippen LogP contribution in [0.25, 0.3) is 16.9 Å². The van der Waals surface area contributed by atoms with Crippen LogP contribution in [0.2, 0.25) is 0 Å². The molecule has 5 heteroatoms. The highest BCUT2D eigenvalue weighted by molar-refractivity contribution is 5.98. The number of rotatable bonds is 3. The number of aromatic nitrogens is 3. The van der Waals surface area contributed by atoms with Crippen molar-refractivity contribution in [1.29, 1.82) is 0 Å². The van der Waals surface area contributed by atoms with Gasteiger partial charge < -0.3 is 5.73 Å². The Morgan fingerprint density at radius 1 is 1.00 bits per heavy atom. The molecule has 122 valence electrons. The van der Waals surface area contributed by atoms with E-state index in [0.717, 1.165) is 16.9 Å². The molecule has 0 spiro atoms. The van der Waals surface area contributed by atoms with Gasteiger partial charge in [-0.2, -0.15) is 0 Å². The molecule has 4 aromatic rings. The van der Waals surface area contributed by atoms with Gasteiger partial charge in [0, 0.05) is 18.0 Å². The number of benzene rings is 1. The van der Waals surface area contributed by atoms with E-state index in [0.29, 0.717) is 17.3 Å². The predicted molar refractivity (Wildman–Crippen MR) is 100.0 cm³/mol. The van der Waals surface area contributed by atoms with Gasteiger partial charge in [0.05, 0.1) is 5.52 Å². The molecule has 4 rings (SSSR count). The van der Waals surface area contributed by atoms with E-state index in [9.17, 15) is 0 Å². The van der Waals surface area contributed by atoms with Crippen molar-refractivity contribution in [3.8, 4) is 11.4 Å². The maximum Gasteiger partial charge on any atom is 0.180 e. The number of pyridine rings is 2. The summed E-state index contributed by atoms with van der Waals surface area (Å²) in [4.78, 5) is 13.5. The van der Waals surface area contributed by atoms with Crippen LogP contribution in [0.3, 0.4) is 0 Å². The largest absolute Gasteiger partial charge is 0.382 e. The van der Waals surface area contributed by atoms with Gasteiger partial charge in [-0.05, 0) is 31.2 Å². The topological polar surface area (TPSA) is 68.6 Å². The molecule has 3 heterocycles. The summed E-state index contributed by atoms with van der Waals surface area (Å²) in [6.07, 6.45) is 3.67. The zero-order chi connectivity index (χ0) is 17.2. The fourth-order valence-electron chi connectivity index (χ4n) is 2.70. The lowest BCUT2D eigenvalue weighted by molar-refractivity contribution is 1.16. The Hall–Kier alpha value is -3.47. The molecule has 2 N–H and O–H groups in total. The summed E-state index contributed by atoms with van der Waals surface area (Å²) in [7, 11) is 0. The van der Waals surface area contributed by atoms with Gasteiger partial charge in [0.25, 0.3) is 0 Å². The maximum absolute atomic E-state index is 6.12. The monoisotopic (exact) mass is 327 g/mol. The summed E-state index contributed by atoms with van der Waals surface area (Å²) < 4.78 is 2.02. The number of imidazole rings is 1. The average Bonchev–Trinajstić information content (AvgIpc) is 3.02. The SMILES string of the molecule is Cc1ccc(-c2nc(/N=C(\N)c3ccccn3)c3ccccn23)cc1. The standard InChI is InChI=1S/C20H17N5/c1-14-8-10-15(11-9-14)20-24-19(17-7-3-5-13-25(17)20)23-18(21)16-6-2-4-12-22-16/h2-13H,1H3,(H2,21,23). The highest BCUT2D eigenvalue weighted by Gasteiger charge is 2.12. The number of fused-ring (bicyclic) bond motifs is 1. The second-order valence-electron chi connectivity index (χ2n) is 5.79. The van der Waals surface area contributed by atoms with Crippen molar-refractivity contribution in [1.82, 2.24) is 14.4 Å². The van der Waals surface area contributed by atoms with Crippen LogP contribution in [0.1, 0.15) is 11.3 Å². The fourth-order valence-corrected chi connectivity index (χ4v) is 2.70. The maximum atomic E-state index is 6.12. The molecule has 0 bridgehead atoms. The van der Waals surface area contributed by atoms with Gasteiger partial charge in [0.1, 0.15) is 11.5 Å². The fraction of sp³-hybridized carbons (Fsp3) is 0.0500. The van der Waals surface area contributed by atoms with Crippen LogP contribution in [-0.4, -0.2) is 20.2 Å². The van der Waals surface area contributed by atoms with Gasteiger partial charge in [-0.3, -0.25) is 9.38 Å². The first kappa shape index (κ1) is 15.1. The number of nitrogens with zero attached hydrogens (tertiary/aromatic N) is 4. The van der Waals surface area contributed by atoms with Crippen LogP contribution in [0.4, 0.5) is 5.82 Å². The predicted octanol–water partition coefficient (Wildman–Crippen LogP) is 3.74. The number of nitrogens with two attached hydrogens (primary N) is 1. The molecule has 0 aliphatic heterocycles. The molecule has 0 saturated heterocycles. The average molecular weight is 327 g/mol. The van der Waals surface area contributed by atoms with Crippen molar-refractivity contribution >= 4 is 17.2 Å². The number of hydrogen-bond acceptors (Lipinski definition) is 3. The summed E-state index contributed by atoms with van der Waals surface area (Å²) in [5, 5.41) is 0. The van der Waals surface area contributed by atoms with Crippen molar-refractivity contribution in [3.63, 3.8) is 0 Å². The van der Waals surface area contributed by atoms with Crippen LogP contribution < -0.4 is 5.73 Å². The third-order valence-corrected chi connectivity index (χ3v) is 3.99. The lowest BCUT2D eigenvalue weighted by Crippen LogP contribution is -2.14. The van der Waals surface area contributed by atoms with E-state index in [1.165, 1.54) is 5.56 Å². The molecular weight excluding hydrogens is 310 g/mol. The molecule has 25 heavy (non-hydrogen) atoms. The molecule has 0 aliphatic carbocycles. The molecular formula is C20H17N5. The molecule has 5 nitrogen and oxygen atoms in total. The van der Waals surface area contributed by atoms with Gasteiger partial charge >= 0.3 is 0 Å². The van der Waals surface area contributed by atoms with Gasteiger partial charge in [0.15, 0.2) is 11.7 Å². The molecule has 0 aliphatic rings. The Labute approximate surface area is 145 Å². The third-order valence-electron chi connectivity index (χ3n) is 3.99. The van der Waals surface area contributed by atoms with E-state index < -0.39 is 0 Å². The summed E-state index contributed by atoms with van der Waals surface area (Å²) >= 11 is 0. The van der Waals surface area contributed by atoms with Crippen molar-refractivity contribution < 1.29 is 0 Å². The summed E-state index contributed by atoms with van der Waals surface area (Å²) in [6, 6.07) is 19.8. The van der Waals surface area contributed by atoms with E-state index in [1.54, 1.807) is 6.20 Å². The normalized spacial score (nSPS) is 11.8. The summed E-state index contributed by atoms with van der Waals surface area (Å²) in [6.45, 7) is 2.07. The Morgan fingerprint density at radius 3 is 2.56 bits per heavy atom. The minimum atomic E-state index is 0.347. The number of aliphatic imine (C=N–C) groups is 1. The van der Waals surface area contributed by atoms with E-state index in [2.05, 4.69) is 41.2 Å². The molecule has 3 aromatic heterocycles. The first-order valence-corrected chi connectivity index (χ1v) is 8.02. The number of amidine groups is 1. The minimum Gasteiger partial charge on any atom is -0.382 e. The quantitative estimate of drug-likeness (QED) is 0.460. The Bertz CT molecular complexity index is 1050. The van der Waals surface area contributed by atoms with E-state index in [1.807, 2.05) is 47.0 Å². The molecule has 0 fully saturated rings. The van der Waals surface area contributed by atoms with Crippen LogP contribution in [0.5, 0.6) is 0 Å². The van der Waals surface area contributed by atoms with Crippen LogP contribution >= 0.6 is 0 Å². The van der Waals surface area contributed by atoms with Crippen molar-refractivity contribution in [3.05, 3.63) is 84.3 Å².